The third kappa shape index (κ3) is 9.09. The van der Waals surface area contributed by atoms with Crippen molar-refractivity contribution >= 4 is 5.97 Å². The molecule has 0 saturated carbocycles. The van der Waals surface area contributed by atoms with E-state index < -0.39 is 29.7 Å². The molecule has 0 amide bonds. The van der Waals surface area contributed by atoms with Gasteiger partial charge in [-0.25, -0.2) is 0 Å². The van der Waals surface area contributed by atoms with Crippen molar-refractivity contribution in [3.05, 3.63) is 35.4 Å². The van der Waals surface area contributed by atoms with E-state index in [2.05, 4.69) is 6.92 Å². The normalized spacial score (nSPS) is 14.6. The second-order valence-electron chi connectivity index (χ2n) is 8.56. The number of benzene rings is 1. The Kier molecular flexibility index (Phi) is 8.99. The van der Waals surface area contributed by atoms with Crippen LogP contribution in [0.3, 0.4) is 0 Å². The molecule has 0 aliphatic carbocycles. The van der Waals surface area contributed by atoms with Crippen molar-refractivity contribution in [3.63, 3.8) is 0 Å². The molecule has 0 bridgehead atoms. The third-order valence-electron chi connectivity index (χ3n) is 4.50. The van der Waals surface area contributed by atoms with E-state index in [0.717, 1.165) is 37.7 Å². The molecular weight excluding hydrogens is 367 g/mol. The van der Waals surface area contributed by atoms with E-state index in [1.807, 2.05) is 12.1 Å². The average Bonchev–Trinajstić information content (AvgIpc) is 2.53. The molecule has 2 N–H and O–H groups in total. The van der Waals surface area contributed by atoms with Gasteiger partial charge in [0.25, 0.3) is 0 Å². The Morgan fingerprint density at radius 2 is 1.57 bits per heavy atom. The summed E-state index contributed by atoms with van der Waals surface area (Å²) in [6, 6.07) is 7.28. The molecule has 0 unspecified atom stereocenters. The number of esters is 1. The summed E-state index contributed by atoms with van der Waals surface area (Å²) in [5, 5.41) is 0. The number of hydrogen-bond acceptors (Lipinski definition) is 3. The summed E-state index contributed by atoms with van der Waals surface area (Å²) >= 11 is 0. The predicted octanol–water partition coefficient (Wildman–Crippen LogP) is 5.73. The fraction of sp³-hybridized carbons (Fsp3) is 0.682. The summed E-state index contributed by atoms with van der Waals surface area (Å²) in [4.78, 5) is 12.6. The highest BCUT2D eigenvalue weighted by molar-refractivity contribution is 5.81. The smallest absolute Gasteiger partial charge is 0.391 e. The van der Waals surface area contributed by atoms with E-state index in [4.69, 9.17) is 10.5 Å². The van der Waals surface area contributed by atoms with Gasteiger partial charge in [0, 0.05) is 6.42 Å². The molecule has 0 aliphatic rings. The molecule has 1 rings (SSSR count). The second kappa shape index (κ2) is 10.3. The van der Waals surface area contributed by atoms with Gasteiger partial charge in [0.1, 0.15) is 11.1 Å². The van der Waals surface area contributed by atoms with Crippen LogP contribution in [0, 0.1) is 0 Å². The van der Waals surface area contributed by atoms with Crippen LogP contribution in [0.5, 0.6) is 0 Å². The highest BCUT2D eigenvalue weighted by Crippen LogP contribution is 2.31. The van der Waals surface area contributed by atoms with E-state index in [-0.39, 0.29) is 6.42 Å². The van der Waals surface area contributed by atoms with Crippen LogP contribution in [0.4, 0.5) is 13.2 Å². The number of ether oxygens (including phenoxy) is 1. The molecular formula is C22H34F3NO2. The number of unbranched alkanes of at least 4 members (excludes halogenated alkanes) is 4. The first kappa shape index (κ1) is 24.5. The van der Waals surface area contributed by atoms with E-state index in [9.17, 15) is 18.0 Å². The number of aryl methyl sites for hydroxylation is 1. The Balaban J connectivity index is 3.00. The summed E-state index contributed by atoms with van der Waals surface area (Å²) < 4.78 is 44.8. The molecule has 0 aliphatic heterocycles. The van der Waals surface area contributed by atoms with Crippen LogP contribution in [0.25, 0.3) is 0 Å². The lowest BCUT2D eigenvalue weighted by atomic mass is 9.85. The predicted molar refractivity (Wildman–Crippen MR) is 106 cm³/mol. The van der Waals surface area contributed by atoms with Crippen molar-refractivity contribution in [2.75, 3.05) is 0 Å². The minimum atomic E-state index is -4.57. The Bertz CT molecular complexity index is 623. The lowest BCUT2D eigenvalue weighted by Gasteiger charge is -2.32. The fourth-order valence-corrected chi connectivity index (χ4v) is 3.18. The zero-order chi connectivity index (χ0) is 21.4. The second-order valence-corrected chi connectivity index (χ2v) is 8.56. The first-order valence-electron chi connectivity index (χ1n) is 10.0. The first-order chi connectivity index (χ1) is 12.9. The molecule has 1 aromatic rings. The van der Waals surface area contributed by atoms with Gasteiger partial charge in [-0.15, -0.1) is 0 Å². The number of carbonyl (C=O) groups is 1. The maximum absolute atomic E-state index is 13.2. The van der Waals surface area contributed by atoms with Crippen LogP contribution < -0.4 is 5.73 Å². The SMILES string of the molecule is CCCCCCCc1ccccc1C[C@](N)(CC(F)(F)F)C(=O)OC(C)(C)C. The molecule has 1 atom stereocenters. The van der Waals surface area contributed by atoms with Gasteiger partial charge in [-0.05, 0) is 44.7 Å². The molecule has 1 aromatic carbocycles. The largest absolute Gasteiger partial charge is 0.459 e. The third-order valence-corrected chi connectivity index (χ3v) is 4.50. The highest BCUT2D eigenvalue weighted by atomic mass is 19.4. The van der Waals surface area contributed by atoms with E-state index in [1.54, 1.807) is 32.9 Å². The standard InChI is InChI=1S/C22H34F3NO2/c1-5-6-7-8-9-12-17-13-10-11-14-18(17)15-21(26,16-22(23,24)25)19(27)28-20(2,3)4/h10-11,13-14H,5-9,12,15-16,26H2,1-4H3/t21-/m0/s1. The van der Waals surface area contributed by atoms with Crippen molar-refractivity contribution < 1.29 is 22.7 Å². The van der Waals surface area contributed by atoms with Crippen LogP contribution in [0.1, 0.15) is 77.3 Å². The maximum atomic E-state index is 13.2. The van der Waals surface area contributed by atoms with Gasteiger partial charge in [-0.1, -0.05) is 56.9 Å². The fourth-order valence-electron chi connectivity index (χ4n) is 3.18. The number of rotatable bonds is 10. The van der Waals surface area contributed by atoms with Crippen LogP contribution in [-0.4, -0.2) is 23.3 Å². The van der Waals surface area contributed by atoms with Gasteiger partial charge in [0.05, 0.1) is 6.42 Å². The van der Waals surface area contributed by atoms with Crippen LogP contribution in [0.15, 0.2) is 24.3 Å². The molecule has 0 aromatic heterocycles. The maximum Gasteiger partial charge on any atom is 0.391 e. The molecule has 28 heavy (non-hydrogen) atoms. The minimum absolute atomic E-state index is 0.202. The summed E-state index contributed by atoms with van der Waals surface area (Å²) in [5.41, 5.74) is 4.60. The molecule has 0 heterocycles. The quantitative estimate of drug-likeness (QED) is 0.402. The van der Waals surface area contributed by atoms with E-state index >= 15 is 0 Å². The summed E-state index contributed by atoms with van der Waals surface area (Å²) in [6.45, 7) is 6.99. The number of halogens is 3. The van der Waals surface area contributed by atoms with Crippen molar-refractivity contribution in [1.82, 2.24) is 0 Å². The summed E-state index contributed by atoms with van der Waals surface area (Å²) in [7, 11) is 0. The molecule has 0 radical (unpaired) electrons. The lowest BCUT2D eigenvalue weighted by molar-refractivity contribution is -0.179. The Hall–Kier alpha value is -1.56. The van der Waals surface area contributed by atoms with Gasteiger partial charge < -0.3 is 10.5 Å². The van der Waals surface area contributed by atoms with E-state index in [0.29, 0.717) is 5.56 Å². The minimum Gasteiger partial charge on any atom is -0.459 e. The molecule has 160 valence electrons. The molecule has 0 fully saturated rings. The lowest BCUT2D eigenvalue weighted by Crippen LogP contribution is -2.55. The van der Waals surface area contributed by atoms with Crippen molar-refractivity contribution in [2.45, 2.75) is 96.4 Å². The van der Waals surface area contributed by atoms with Crippen LogP contribution >= 0.6 is 0 Å². The van der Waals surface area contributed by atoms with Gasteiger partial charge in [0.2, 0.25) is 0 Å². The molecule has 0 saturated heterocycles. The highest BCUT2D eigenvalue weighted by Gasteiger charge is 2.47. The molecule has 0 spiro atoms. The van der Waals surface area contributed by atoms with Gasteiger partial charge in [-0.3, -0.25) is 4.79 Å². The van der Waals surface area contributed by atoms with Gasteiger partial charge in [0.15, 0.2) is 0 Å². The van der Waals surface area contributed by atoms with Crippen molar-refractivity contribution in [2.24, 2.45) is 5.73 Å². The van der Waals surface area contributed by atoms with Crippen molar-refractivity contribution in [3.8, 4) is 0 Å². The number of hydrogen-bond donors (Lipinski definition) is 1. The molecule has 6 heteroatoms. The average molecular weight is 402 g/mol. The van der Waals surface area contributed by atoms with Gasteiger partial charge >= 0.3 is 12.1 Å². The van der Waals surface area contributed by atoms with Crippen LogP contribution in [-0.2, 0) is 22.4 Å². The Morgan fingerprint density at radius 3 is 2.11 bits per heavy atom. The Morgan fingerprint density at radius 1 is 1.00 bits per heavy atom. The van der Waals surface area contributed by atoms with Crippen molar-refractivity contribution in [1.29, 1.82) is 0 Å². The molecule has 3 nitrogen and oxygen atoms in total. The monoisotopic (exact) mass is 401 g/mol. The zero-order valence-corrected chi connectivity index (χ0v) is 17.5. The summed E-state index contributed by atoms with van der Waals surface area (Å²) in [6.07, 6.45) is 0.0804. The number of nitrogens with two attached hydrogens (primary N) is 1. The Labute approximate surface area is 166 Å². The van der Waals surface area contributed by atoms with Gasteiger partial charge in [-0.2, -0.15) is 13.2 Å². The topological polar surface area (TPSA) is 52.3 Å². The first-order valence-corrected chi connectivity index (χ1v) is 10.0. The van der Waals surface area contributed by atoms with E-state index in [1.165, 1.54) is 6.42 Å². The number of alkyl halides is 3. The van der Waals surface area contributed by atoms with Crippen LogP contribution in [0.2, 0.25) is 0 Å². The zero-order valence-electron chi connectivity index (χ0n) is 17.5. The summed E-state index contributed by atoms with van der Waals surface area (Å²) in [5.74, 6) is -1.02. The number of carbonyl (C=O) groups excluding carboxylic acids is 1.